The van der Waals surface area contributed by atoms with Crippen LogP contribution >= 0.6 is 0 Å². The lowest BCUT2D eigenvalue weighted by molar-refractivity contribution is -0.140. The molecule has 174 valence electrons. The Morgan fingerprint density at radius 1 is 0.969 bits per heavy atom. The number of sulfonamides is 1. The van der Waals surface area contributed by atoms with E-state index in [1.54, 1.807) is 30.3 Å². The van der Waals surface area contributed by atoms with Gasteiger partial charge in [-0.05, 0) is 30.0 Å². The Morgan fingerprint density at radius 2 is 1.53 bits per heavy atom. The molecule has 0 bridgehead atoms. The summed E-state index contributed by atoms with van der Waals surface area (Å²) in [6, 6.07) is 17.2. The summed E-state index contributed by atoms with van der Waals surface area (Å²) in [6.07, 6.45) is 1.48. The van der Waals surface area contributed by atoms with E-state index in [0.29, 0.717) is 18.7 Å². The Bertz CT molecular complexity index is 979. The van der Waals surface area contributed by atoms with E-state index in [1.165, 1.54) is 4.90 Å². The SMILES string of the molecule is CC[C@@H](C(=O)NCC(C)C)N(Cc1ccccc1)C(=O)CN(c1ccccc1)S(C)(=O)=O. The van der Waals surface area contributed by atoms with Crippen LogP contribution in [-0.2, 0) is 26.2 Å². The minimum atomic E-state index is -3.71. The van der Waals surface area contributed by atoms with Gasteiger partial charge in [0.1, 0.15) is 12.6 Å². The van der Waals surface area contributed by atoms with Gasteiger partial charge in [0, 0.05) is 13.1 Å². The van der Waals surface area contributed by atoms with Crippen molar-refractivity contribution in [3.63, 3.8) is 0 Å². The van der Waals surface area contributed by atoms with E-state index in [-0.39, 0.29) is 24.9 Å². The Hall–Kier alpha value is -2.87. The predicted molar refractivity (Wildman–Crippen MR) is 128 cm³/mol. The van der Waals surface area contributed by atoms with E-state index in [9.17, 15) is 18.0 Å². The third kappa shape index (κ3) is 7.37. The first kappa shape index (κ1) is 25.4. The molecule has 2 amide bonds. The minimum absolute atomic E-state index is 0.208. The van der Waals surface area contributed by atoms with E-state index in [0.717, 1.165) is 16.1 Å². The van der Waals surface area contributed by atoms with Crippen molar-refractivity contribution in [1.82, 2.24) is 10.2 Å². The molecular weight excluding hydrogens is 426 g/mol. The predicted octanol–water partition coefficient (Wildman–Crippen LogP) is 3.03. The van der Waals surface area contributed by atoms with E-state index in [2.05, 4.69) is 5.32 Å². The van der Waals surface area contributed by atoms with Crippen LogP contribution in [0.25, 0.3) is 0 Å². The molecule has 2 rings (SSSR count). The zero-order valence-electron chi connectivity index (χ0n) is 19.2. The number of para-hydroxylation sites is 1. The smallest absolute Gasteiger partial charge is 0.244 e. The Morgan fingerprint density at radius 3 is 2.03 bits per heavy atom. The molecular formula is C24H33N3O4S. The molecule has 1 atom stereocenters. The molecule has 1 N–H and O–H groups in total. The van der Waals surface area contributed by atoms with Gasteiger partial charge < -0.3 is 10.2 Å². The zero-order chi connectivity index (χ0) is 23.7. The van der Waals surface area contributed by atoms with Gasteiger partial charge in [0.25, 0.3) is 0 Å². The molecule has 0 aliphatic carbocycles. The number of benzene rings is 2. The van der Waals surface area contributed by atoms with Crippen molar-refractivity contribution in [1.29, 1.82) is 0 Å². The summed E-state index contributed by atoms with van der Waals surface area (Å²) in [6.45, 7) is 6.16. The molecule has 0 aromatic heterocycles. The summed E-state index contributed by atoms with van der Waals surface area (Å²) in [5, 5.41) is 2.90. The number of hydrogen-bond acceptors (Lipinski definition) is 4. The maximum absolute atomic E-state index is 13.5. The van der Waals surface area contributed by atoms with E-state index in [1.807, 2.05) is 51.1 Å². The lowest BCUT2D eigenvalue weighted by atomic mass is 10.1. The second-order valence-electron chi connectivity index (χ2n) is 8.18. The van der Waals surface area contributed by atoms with Gasteiger partial charge in [-0.1, -0.05) is 69.3 Å². The van der Waals surface area contributed by atoms with Crippen molar-refractivity contribution >= 4 is 27.5 Å². The quantitative estimate of drug-likeness (QED) is 0.560. The van der Waals surface area contributed by atoms with Gasteiger partial charge in [-0.2, -0.15) is 0 Å². The summed E-state index contributed by atoms with van der Waals surface area (Å²) in [7, 11) is -3.71. The van der Waals surface area contributed by atoms with Crippen LogP contribution in [0.5, 0.6) is 0 Å². The van der Waals surface area contributed by atoms with Crippen LogP contribution in [0, 0.1) is 5.92 Å². The van der Waals surface area contributed by atoms with Crippen molar-refractivity contribution in [3.8, 4) is 0 Å². The molecule has 0 saturated carbocycles. The maximum atomic E-state index is 13.5. The van der Waals surface area contributed by atoms with E-state index in [4.69, 9.17) is 0 Å². The third-order valence-electron chi connectivity index (χ3n) is 4.99. The van der Waals surface area contributed by atoms with Crippen LogP contribution in [0.4, 0.5) is 5.69 Å². The monoisotopic (exact) mass is 459 g/mol. The molecule has 0 radical (unpaired) electrons. The fourth-order valence-corrected chi connectivity index (χ4v) is 4.18. The van der Waals surface area contributed by atoms with E-state index >= 15 is 0 Å². The Balaban J connectivity index is 2.36. The van der Waals surface area contributed by atoms with Crippen LogP contribution < -0.4 is 9.62 Å². The summed E-state index contributed by atoms with van der Waals surface area (Å²) in [5.41, 5.74) is 1.27. The van der Waals surface area contributed by atoms with Crippen molar-refractivity contribution in [2.45, 2.75) is 39.8 Å². The van der Waals surface area contributed by atoms with Crippen molar-refractivity contribution in [3.05, 3.63) is 66.2 Å². The fourth-order valence-electron chi connectivity index (χ4n) is 3.33. The van der Waals surface area contributed by atoms with Crippen LogP contribution in [0.1, 0.15) is 32.8 Å². The van der Waals surface area contributed by atoms with Crippen LogP contribution in [0.2, 0.25) is 0 Å². The number of carbonyl (C=O) groups is 2. The number of nitrogens with one attached hydrogen (secondary N) is 1. The summed E-state index contributed by atoms with van der Waals surface area (Å²) in [5.74, 6) is -0.403. The molecule has 0 spiro atoms. The molecule has 7 nitrogen and oxygen atoms in total. The third-order valence-corrected chi connectivity index (χ3v) is 6.13. The first-order chi connectivity index (χ1) is 15.1. The largest absolute Gasteiger partial charge is 0.354 e. The lowest BCUT2D eigenvalue weighted by Crippen LogP contribution is -2.52. The van der Waals surface area contributed by atoms with Gasteiger partial charge >= 0.3 is 0 Å². The Kier molecular flexibility index (Phi) is 9.26. The highest BCUT2D eigenvalue weighted by atomic mass is 32.2. The first-order valence-electron chi connectivity index (χ1n) is 10.8. The minimum Gasteiger partial charge on any atom is -0.354 e. The number of nitrogens with zero attached hydrogens (tertiary/aromatic N) is 2. The topological polar surface area (TPSA) is 86.8 Å². The average Bonchev–Trinajstić information content (AvgIpc) is 2.76. The van der Waals surface area contributed by atoms with Crippen molar-refractivity contribution < 1.29 is 18.0 Å². The first-order valence-corrected chi connectivity index (χ1v) is 12.6. The van der Waals surface area contributed by atoms with Gasteiger partial charge in [-0.3, -0.25) is 13.9 Å². The lowest BCUT2D eigenvalue weighted by Gasteiger charge is -2.33. The summed E-state index contributed by atoms with van der Waals surface area (Å²) < 4.78 is 26.0. The Labute approximate surface area is 191 Å². The summed E-state index contributed by atoms with van der Waals surface area (Å²) in [4.78, 5) is 27.9. The molecule has 0 heterocycles. The number of rotatable bonds is 11. The van der Waals surface area contributed by atoms with Crippen molar-refractivity contribution in [2.75, 3.05) is 23.7 Å². The molecule has 2 aromatic rings. The van der Waals surface area contributed by atoms with Crippen LogP contribution in [0.15, 0.2) is 60.7 Å². The summed E-state index contributed by atoms with van der Waals surface area (Å²) >= 11 is 0. The molecule has 0 aliphatic heterocycles. The van der Waals surface area contributed by atoms with Gasteiger partial charge in [0.05, 0.1) is 11.9 Å². The number of anilines is 1. The molecule has 0 saturated heterocycles. The van der Waals surface area contributed by atoms with Crippen molar-refractivity contribution in [2.24, 2.45) is 5.92 Å². The molecule has 0 unspecified atom stereocenters. The molecule has 0 fully saturated rings. The molecule has 8 heteroatoms. The number of carbonyl (C=O) groups excluding carboxylic acids is 2. The number of amides is 2. The second kappa shape index (κ2) is 11.7. The standard InChI is InChI=1S/C24H33N3O4S/c1-5-22(24(29)25-16-19(2)3)26(17-20-12-8-6-9-13-20)23(28)18-27(32(4,30)31)21-14-10-7-11-15-21/h6-15,19,22H,5,16-18H2,1-4H3,(H,25,29)/t22-/m0/s1. The van der Waals surface area contributed by atoms with Gasteiger partial charge in [-0.25, -0.2) is 8.42 Å². The highest BCUT2D eigenvalue weighted by molar-refractivity contribution is 7.92. The fraction of sp³-hybridized carbons (Fsp3) is 0.417. The van der Waals surface area contributed by atoms with E-state index < -0.39 is 22.0 Å². The maximum Gasteiger partial charge on any atom is 0.244 e. The highest BCUT2D eigenvalue weighted by Crippen LogP contribution is 2.19. The van der Waals surface area contributed by atoms with Gasteiger partial charge in [0.2, 0.25) is 21.8 Å². The van der Waals surface area contributed by atoms with Crippen LogP contribution in [-0.4, -0.2) is 50.5 Å². The molecule has 2 aromatic carbocycles. The zero-order valence-corrected chi connectivity index (χ0v) is 20.0. The second-order valence-corrected chi connectivity index (χ2v) is 10.1. The molecule has 32 heavy (non-hydrogen) atoms. The average molecular weight is 460 g/mol. The van der Waals surface area contributed by atoms with Gasteiger partial charge in [0.15, 0.2) is 0 Å². The number of hydrogen-bond donors (Lipinski definition) is 1. The van der Waals surface area contributed by atoms with Gasteiger partial charge in [-0.15, -0.1) is 0 Å². The van der Waals surface area contributed by atoms with Crippen LogP contribution in [0.3, 0.4) is 0 Å². The highest BCUT2D eigenvalue weighted by Gasteiger charge is 2.31. The normalized spacial score (nSPS) is 12.3. The molecule has 0 aliphatic rings.